The van der Waals surface area contributed by atoms with Gasteiger partial charge in [-0.05, 0) is 56.6 Å². The van der Waals surface area contributed by atoms with Gasteiger partial charge in [0.15, 0.2) is 0 Å². The van der Waals surface area contributed by atoms with Gasteiger partial charge in [0.2, 0.25) is 15.9 Å². The summed E-state index contributed by atoms with van der Waals surface area (Å²) in [6, 6.07) is 13.3. The van der Waals surface area contributed by atoms with Gasteiger partial charge in [0, 0.05) is 38.1 Å². The second-order valence-electron chi connectivity index (χ2n) is 12.9. The zero-order chi connectivity index (χ0) is 35.7. The molecular weight excluding hydrogens is 667 g/mol. The number of sulfonamides is 1. The van der Waals surface area contributed by atoms with E-state index in [0.717, 1.165) is 16.3 Å². The molecule has 3 aromatic rings. The number of aryl methyl sites for hydroxylation is 1. The third-order valence-corrected chi connectivity index (χ3v) is 11.2. The summed E-state index contributed by atoms with van der Waals surface area (Å²) in [4.78, 5) is 47.9. The lowest BCUT2D eigenvalue weighted by Crippen LogP contribution is -2.57. The monoisotopic (exact) mass is 713 g/mol. The molecule has 2 aromatic carbocycles. The van der Waals surface area contributed by atoms with Crippen molar-refractivity contribution < 1.29 is 23.1 Å². The molecule has 266 valence electrons. The standard InChI is InChI=1S/C34H47N7O6S2/c1-24(2)32(41-18-16-39(34(41)44)21-28-23-48-25(3)36-28)33(43)37-30(19-26-9-7-6-8-10-26)31(42)22-40(17-15-38(4)5)49(46,47)29-13-11-27(12-14-29)20-35-45/h6-14,23-24,30-32,42H,15-22H2,1-5H3,(H,37,43)/t30-,31+,32-/m0/s1. The lowest BCUT2D eigenvalue weighted by molar-refractivity contribution is -0.128. The van der Waals surface area contributed by atoms with E-state index in [9.17, 15) is 28.0 Å². The Hall–Kier alpha value is -3.76. The molecule has 1 aromatic heterocycles. The van der Waals surface area contributed by atoms with Crippen LogP contribution < -0.4 is 5.32 Å². The number of carbonyl (C=O) groups excluding carboxylic acids is 2. The number of aliphatic hydroxyl groups is 1. The molecule has 2 heterocycles. The van der Waals surface area contributed by atoms with Gasteiger partial charge in [0.25, 0.3) is 0 Å². The number of nitroso groups, excluding NO2 is 1. The van der Waals surface area contributed by atoms with Crippen molar-refractivity contribution in [2.75, 3.05) is 46.8 Å². The van der Waals surface area contributed by atoms with Gasteiger partial charge >= 0.3 is 6.03 Å². The molecule has 3 amide bonds. The summed E-state index contributed by atoms with van der Waals surface area (Å²) in [5, 5.41) is 20.5. The molecule has 0 bridgehead atoms. The quantitative estimate of drug-likeness (QED) is 0.190. The van der Waals surface area contributed by atoms with E-state index in [1.807, 2.05) is 75.5 Å². The van der Waals surface area contributed by atoms with Crippen molar-refractivity contribution in [2.24, 2.45) is 11.1 Å². The number of nitrogens with one attached hydrogen (secondary N) is 1. The van der Waals surface area contributed by atoms with Crippen LogP contribution in [0.2, 0.25) is 0 Å². The highest BCUT2D eigenvalue weighted by molar-refractivity contribution is 7.89. The Labute approximate surface area is 292 Å². The van der Waals surface area contributed by atoms with Crippen molar-refractivity contribution in [3.05, 3.63) is 86.7 Å². The minimum atomic E-state index is -4.08. The van der Waals surface area contributed by atoms with E-state index in [0.29, 0.717) is 31.7 Å². The molecule has 2 N–H and O–H groups in total. The summed E-state index contributed by atoms with van der Waals surface area (Å²) in [6.45, 7) is 6.94. The predicted molar refractivity (Wildman–Crippen MR) is 189 cm³/mol. The number of thiazole rings is 1. The lowest BCUT2D eigenvalue weighted by atomic mass is 9.98. The van der Waals surface area contributed by atoms with Crippen molar-refractivity contribution >= 4 is 33.3 Å². The van der Waals surface area contributed by atoms with Crippen LogP contribution >= 0.6 is 11.3 Å². The molecule has 0 radical (unpaired) electrons. The maximum Gasteiger partial charge on any atom is 0.321 e. The number of hydrogen-bond acceptors (Lipinski definition) is 10. The fourth-order valence-corrected chi connectivity index (χ4v) is 7.91. The number of likely N-dealkylation sites (N-methyl/N-ethyl adjacent to an activating group) is 1. The highest BCUT2D eigenvalue weighted by Crippen LogP contribution is 2.23. The molecule has 15 heteroatoms. The number of aromatic nitrogens is 1. The van der Waals surface area contributed by atoms with E-state index in [-0.39, 0.29) is 42.9 Å². The highest BCUT2D eigenvalue weighted by Gasteiger charge is 2.40. The Bertz CT molecular complexity index is 1650. The third-order valence-electron chi connectivity index (χ3n) is 8.47. The zero-order valence-corrected chi connectivity index (χ0v) is 30.4. The van der Waals surface area contributed by atoms with Gasteiger partial charge in [0.05, 0.1) is 34.3 Å². The Balaban J connectivity index is 1.57. The molecule has 0 spiro atoms. The van der Waals surface area contributed by atoms with Crippen LogP contribution in [0.5, 0.6) is 0 Å². The van der Waals surface area contributed by atoms with E-state index >= 15 is 0 Å². The average Bonchev–Trinajstić information content (AvgIpc) is 3.63. The Kier molecular flexibility index (Phi) is 13.4. The molecule has 13 nitrogen and oxygen atoms in total. The fraction of sp³-hybridized carbons (Fsp3) is 0.500. The van der Waals surface area contributed by atoms with Crippen LogP contribution in [0.3, 0.4) is 0 Å². The first kappa shape index (κ1) is 38.0. The summed E-state index contributed by atoms with van der Waals surface area (Å²) in [7, 11) is -0.427. The second kappa shape index (κ2) is 17.3. The lowest BCUT2D eigenvalue weighted by Gasteiger charge is -2.34. The van der Waals surface area contributed by atoms with Crippen molar-refractivity contribution in [2.45, 2.75) is 63.4 Å². The SMILES string of the molecule is Cc1nc(CN2CCN([C@H](C(=O)N[C@@H](Cc3ccccc3)[C@H](O)CN(CCN(C)C)S(=O)(=O)c3ccc(CN=O)cc3)C(C)C)C2=O)cs1. The molecule has 1 fully saturated rings. The van der Waals surface area contributed by atoms with E-state index in [1.165, 1.54) is 39.9 Å². The summed E-state index contributed by atoms with van der Waals surface area (Å²) >= 11 is 1.52. The van der Waals surface area contributed by atoms with E-state index in [4.69, 9.17) is 0 Å². The Morgan fingerprint density at radius 2 is 1.76 bits per heavy atom. The van der Waals surface area contributed by atoms with Crippen LogP contribution in [-0.4, -0.2) is 114 Å². The maximum absolute atomic E-state index is 14.1. The highest BCUT2D eigenvalue weighted by atomic mass is 32.2. The van der Waals surface area contributed by atoms with Crippen molar-refractivity contribution in [3.8, 4) is 0 Å². The Morgan fingerprint density at radius 1 is 1.06 bits per heavy atom. The number of carbonyl (C=O) groups is 2. The molecule has 0 aliphatic carbocycles. The second-order valence-corrected chi connectivity index (χ2v) is 15.9. The number of rotatable bonds is 18. The maximum atomic E-state index is 14.1. The molecule has 1 aliphatic rings. The smallest absolute Gasteiger partial charge is 0.321 e. The van der Waals surface area contributed by atoms with Crippen LogP contribution in [0.1, 0.15) is 35.7 Å². The van der Waals surface area contributed by atoms with Crippen LogP contribution in [0.4, 0.5) is 4.79 Å². The zero-order valence-electron chi connectivity index (χ0n) is 28.7. The summed E-state index contributed by atoms with van der Waals surface area (Å²) in [5.41, 5.74) is 2.23. The normalized spacial score (nSPS) is 15.7. The van der Waals surface area contributed by atoms with Gasteiger partial charge in [-0.1, -0.05) is 61.5 Å². The topological polar surface area (TPSA) is 156 Å². The molecule has 1 aliphatic heterocycles. The van der Waals surface area contributed by atoms with Crippen LogP contribution in [0.25, 0.3) is 0 Å². The Morgan fingerprint density at radius 3 is 2.35 bits per heavy atom. The van der Waals surface area contributed by atoms with Crippen LogP contribution in [0.15, 0.2) is 70.0 Å². The largest absolute Gasteiger partial charge is 0.390 e. The number of benzene rings is 2. The van der Waals surface area contributed by atoms with Gasteiger partial charge in [-0.3, -0.25) is 4.79 Å². The van der Waals surface area contributed by atoms with Gasteiger partial charge in [-0.15, -0.1) is 11.3 Å². The van der Waals surface area contributed by atoms with E-state index < -0.39 is 34.1 Å². The number of hydrogen-bond donors (Lipinski definition) is 2. The minimum absolute atomic E-state index is 0.0153. The molecule has 3 atom stereocenters. The number of aliphatic hydroxyl groups excluding tert-OH is 1. The first-order valence-electron chi connectivity index (χ1n) is 16.3. The first-order valence-corrected chi connectivity index (χ1v) is 18.6. The number of urea groups is 1. The summed E-state index contributed by atoms with van der Waals surface area (Å²) < 4.78 is 29.0. The molecule has 0 unspecified atom stereocenters. The summed E-state index contributed by atoms with van der Waals surface area (Å²) in [6.07, 6.45) is -1.07. The molecule has 0 saturated carbocycles. The molecular formula is C34H47N7O6S2. The van der Waals surface area contributed by atoms with E-state index in [1.54, 1.807) is 9.80 Å². The van der Waals surface area contributed by atoms with Gasteiger partial charge in [-0.2, -0.15) is 9.21 Å². The fourth-order valence-electron chi connectivity index (χ4n) is 5.85. The van der Waals surface area contributed by atoms with Crippen molar-refractivity contribution in [1.82, 2.24) is 29.3 Å². The molecule has 4 rings (SSSR count). The third kappa shape index (κ3) is 10.1. The molecule has 49 heavy (non-hydrogen) atoms. The van der Waals surface area contributed by atoms with Gasteiger partial charge < -0.3 is 25.1 Å². The average molecular weight is 714 g/mol. The number of nitrogens with zero attached hydrogens (tertiary/aromatic N) is 6. The van der Waals surface area contributed by atoms with Gasteiger partial charge in [0.1, 0.15) is 12.6 Å². The minimum Gasteiger partial charge on any atom is -0.390 e. The summed E-state index contributed by atoms with van der Waals surface area (Å²) in [5.74, 6) is -0.661. The van der Waals surface area contributed by atoms with Crippen molar-refractivity contribution in [3.63, 3.8) is 0 Å². The van der Waals surface area contributed by atoms with Gasteiger partial charge in [-0.25, -0.2) is 18.2 Å². The van der Waals surface area contributed by atoms with E-state index in [2.05, 4.69) is 15.5 Å². The van der Waals surface area contributed by atoms with Crippen molar-refractivity contribution in [1.29, 1.82) is 0 Å². The number of amides is 3. The first-order chi connectivity index (χ1) is 23.3. The molecule has 1 saturated heterocycles. The van der Waals surface area contributed by atoms with Crippen LogP contribution in [0, 0.1) is 17.7 Å². The van der Waals surface area contributed by atoms with Crippen LogP contribution in [-0.2, 0) is 34.3 Å². The predicted octanol–water partition coefficient (Wildman–Crippen LogP) is 3.32.